The highest BCUT2D eigenvalue weighted by atomic mass is 19.1. The average Bonchev–Trinajstić information content (AvgIpc) is 2.60. The molecule has 2 aromatic rings. The van der Waals surface area contributed by atoms with Crippen LogP contribution in [0.1, 0.15) is 24.5 Å². The van der Waals surface area contributed by atoms with Crippen molar-refractivity contribution in [2.45, 2.75) is 18.8 Å². The standard InChI is InChI=1S/C17H18FN3O3/c18-13-4-1-5-14(9-13)24-11-16(22)21-8-2-3-12(10-21)15-6-7-19-17(23)20-15/h1,4-7,9,12H,2-3,8,10-11H2,(H,19,20,23)/t12-/m0/s1. The number of likely N-dealkylation sites (tertiary alicyclic amines) is 1. The number of carbonyl (C=O) groups excluding carboxylic acids is 1. The van der Waals surface area contributed by atoms with E-state index in [0.717, 1.165) is 18.5 Å². The lowest BCUT2D eigenvalue weighted by atomic mass is 9.94. The van der Waals surface area contributed by atoms with Crippen molar-refractivity contribution >= 4 is 5.91 Å². The largest absolute Gasteiger partial charge is 0.484 e. The minimum absolute atomic E-state index is 0.0765. The molecule has 1 aliphatic rings. The Hall–Kier alpha value is -2.70. The first kappa shape index (κ1) is 16.2. The third kappa shape index (κ3) is 3.98. The number of carbonyl (C=O) groups is 1. The van der Waals surface area contributed by atoms with Gasteiger partial charge in [0.05, 0.1) is 0 Å². The van der Waals surface area contributed by atoms with Gasteiger partial charge in [0.15, 0.2) is 6.61 Å². The second-order valence-corrected chi connectivity index (χ2v) is 5.76. The van der Waals surface area contributed by atoms with E-state index in [9.17, 15) is 14.0 Å². The Bertz CT molecular complexity index is 777. The summed E-state index contributed by atoms with van der Waals surface area (Å²) in [7, 11) is 0. The van der Waals surface area contributed by atoms with Crippen molar-refractivity contribution < 1.29 is 13.9 Å². The summed E-state index contributed by atoms with van der Waals surface area (Å²) in [4.78, 5) is 31.7. The van der Waals surface area contributed by atoms with E-state index in [1.165, 1.54) is 24.4 Å². The second-order valence-electron chi connectivity index (χ2n) is 5.76. The fraction of sp³-hybridized carbons (Fsp3) is 0.353. The van der Waals surface area contributed by atoms with Gasteiger partial charge in [-0.25, -0.2) is 14.2 Å². The van der Waals surface area contributed by atoms with Crippen molar-refractivity contribution in [2.24, 2.45) is 0 Å². The summed E-state index contributed by atoms with van der Waals surface area (Å²) >= 11 is 0. The number of piperidine rings is 1. The number of ether oxygens (including phenoxy) is 1. The minimum Gasteiger partial charge on any atom is -0.484 e. The topological polar surface area (TPSA) is 75.3 Å². The van der Waals surface area contributed by atoms with Crippen LogP contribution in [0.4, 0.5) is 4.39 Å². The molecule has 0 saturated carbocycles. The molecule has 0 unspecified atom stereocenters. The third-order valence-corrected chi connectivity index (χ3v) is 4.07. The SMILES string of the molecule is O=C(COc1cccc(F)c1)N1CCC[C@H](c2ccnc(=O)[nH]2)C1. The van der Waals surface area contributed by atoms with Crippen LogP contribution in [-0.4, -0.2) is 40.5 Å². The summed E-state index contributed by atoms with van der Waals surface area (Å²) in [6.45, 7) is 1.03. The maximum absolute atomic E-state index is 13.1. The van der Waals surface area contributed by atoms with E-state index in [0.29, 0.717) is 18.8 Å². The number of rotatable bonds is 4. The molecule has 6 nitrogen and oxygen atoms in total. The molecule has 1 N–H and O–H groups in total. The van der Waals surface area contributed by atoms with Crippen LogP contribution in [0.5, 0.6) is 5.75 Å². The van der Waals surface area contributed by atoms with Crippen molar-refractivity contribution in [3.8, 4) is 5.75 Å². The minimum atomic E-state index is -0.403. The maximum atomic E-state index is 13.1. The lowest BCUT2D eigenvalue weighted by molar-refractivity contribution is -0.134. The van der Waals surface area contributed by atoms with Crippen LogP contribution in [0.2, 0.25) is 0 Å². The highest BCUT2D eigenvalue weighted by molar-refractivity contribution is 5.78. The van der Waals surface area contributed by atoms with Crippen LogP contribution in [0.25, 0.3) is 0 Å². The van der Waals surface area contributed by atoms with Crippen molar-refractivity contribution in [2.75, 3.05) is 19.7 Å². The van der Waals surface area contributed by atoms with Crippen LogP contribution in [-0.2, 0) is 4.79 Å². The van der Waals surface area contributed by atoms with Gasteiger partial charge in [-0.15, -0.1) is 0 Å². The molecular weight excluding hydrogens is 313 g/mol. The number of amides is 1. The molecular formula is C17H18FN3O3. The Kier molecular flexibility index (Phi) is 4.88. The molecule has 1 aliphatic heterocycles. The monoisotopic (exact) mass is 331 g/mol. The van der Waals surface area contributed by atoms with E-state index in [2.05, 4.69) is 9.97 Å². The van der Waals surface area contributed by atoms with Crippen molar-refractivity contribution in [3.63, 3.8) is 0 Å². The molecule has 1 saturated heterocycles. The number of hydrogen-bond donors (Lipinski definition) is 1. The predicted octanol–water partition coefficient (Wildman–Crippen LogP) is 1.69. The molecule has 2 heterocycles. The number of nitrogens with zero attached hydrogens (tertiary/aromatic N) is 2. The number of benzene rings is 1. The fourth-order valence-corrected chi connectivity index (χ4v) is 2.87. The number of aromatic nitrogens is 2. The van der Waals surface area contributed by atoms with Crippen LogP contribution >= 0.6 is 0 Å². The van der Waals surface area contributed by atoms with Crippen molar-refractivity contribution in [1.29, 1.82) is 0 Å². The summed E-state index contributed by atoms with van der Waals surface area (Å²) in [5.74, 6) is -0.150. The molecule has 7 heteroatoms. The van der Waals surface area contributed by atoms with Gasteiger partial charge in [0, 0.05) is 37.0 Å². The Balaban J connectivity index is 1.60. The van der Waals surface area contributed by atoms with Crippen LogP contribution in [0.15, 0.2) is 41.3 Å². The van der Waals surface area contributed by atoms with Gasteiger partial charge in [0.25, 0.3) is 5.91 Å². The van der Waals surface area contributed by atoms with E-state index in [-0.39, 0.29) is 24.1 Å². The first-order valence-corrected chi connectivity index (χ1v) is 7.83. The Morgan fingerprint density at radius 2 is 2.29 bits per heavy atom. The van der Waals surface area contributed by atoms with Gasteiger partial charge in [0.1, 0.15) is 11.6 Å². The third-order valence-electron chi connectivity index (χ3n) is 4.07. The first-order chi connectivity index (χ1) is 11.6. The summed E-state index contributed by atoms with van der Waals surface area (Å²) in [5.41, 5.74) is 0.406. The zero-order valence-electron chi connectivity index (χ0n) is 13.1. The van der Waals surface area contributed by atoms with Crippen molar-refractivity contribution in [1.82, 2.24) is 14.9 Å². The zero-order valence-corrected chi connectivity index (χ0v) is 13.1. The molecule has 1 aromatic carbocycles. The molecule has 0 aliphatic carbocycles. The second kappa shape index (κ2) is 7.25. The zero-order chi connectivity index (χ0) is 16.9. The highest BCUT2D eigenvalue weighted by Crippen LogP contribution is 2.24. The Labute approximate surface area is 138 Å². The van der Waals surface area contributed by atoms with Gasteiger partial charge < -0.3 is 14.6 Å². The van der Waals surface area contributed by atoms with E-state index in [4.69, 9.17) is 4.74 Å². The van der Waals surface area contributed by atoms with Crippen LogP contribution in [0.3, 0.4) is 0 Å². The first-order valence-electron chi connectivity index (χ1n) is 7.83. The molecule has 0 bridgehead atoms. The number of nitrogens with one attached hydrogen (secondary N) is 1. The fourth-order valence-electron chi connectivity index (χ4n) is 2.87. The van der Waals surface area contributed by atoms with E-state index < -0.39 is 5.82 Å². The molecule has 126 valence electrons. The van der Waals surface area contributed by atoms with E-state index in [1.807, 2.05) is 0 Å². The molecule has 24 heavy (non-hydrogen) atoms. The maximum Gasteiger partial charge on any atom is 0.345 e. The van der Waals surface area contributed by atoms with Crippen LogP contribution in [0, 0.1) is 5.82 Å². The average molecular weight is 331 g/mol. The lowest BCUT2D eigenvalue weighted by Gasteiger charge is -2.32. The molecule has 1 amide bonds. The highest BCUT2D eigenvalue weighted by Gasteiger charge is 2.25. The summed E-state index contributed by atoms with van der Waals surface area (Å²) in [5, 5.41) is 0. The van der Waals surface area contributed by atoms with Gasteiger partial charge in [-0.3, -0.25) is 4.79 Å². The van der Waals surface area contributed by atoms with Gasteiger partial charge >= 0.3 is 5.69 Å². The molecule has 1 fully saturated rings. The van der Waals surface area contributed by atoms with Crippen LogP contribution < -0.4 is 10.4 Å². The molecule has 3 rings (SSSR count). The predicted molar refractivity (Wildman–Crippen MR) is 85.3 cm³/mol. The lowest BCUT2D eigenvalue weighted by Crippen LogP contribution is -2.42. The number of aromatic amines is 1. The van der Waals surface area contributed by atoms with Gasteiger partial charge in [-0.1, -0.05) is 6.07 Å². The quantitative estimate of drug-likeness (QED) is 0.925. The number of H-pyrrole nitrogens is 1. The smallest absolute Gasteiger partial charge is 0.345 e. The molecule has 1 aromatic heterocycles. The van der Waals surface area contributed by atoms with E-state index in [1.54, 1.807) is 17.0 Å². The van der Waals surface area contributed by atoms with Gasteiger partial charge in [-0.05, 0) is 31.0 Å². The summed E-state index contributed by atoms with van der Waals surface area (Å²) in [6.07, 6.45) is 3.22. The molecule has 0 spiro atoms. The Morgan fingerprint density at radius 3 is 3.08 bits per heavy atom. The molecule has 0 radical (unpaired) electrons. The summed E-state index contributed by atoms with van der Waals surface area (Å²) in [6, 6.07) is 7.47. The Morgan fingerprint density at radius 1 is 1.42 bits per heavy atom. The molecule has 1 atom stereocenters. The van der Waals surface area contributed by atoms with Gasteiger partial charge in [0.2, 0.25) is 0 Å². The van der Waals surface area contributed by atoms with Crippen molar-refractivity contribution in [3.05, 3.63) is 58.5 Å². The normalized spacial score (nSPS) is 17.5. The number of hydrogen-bond acceptors (Lipinski definition) is 4. The van der Waals surface area contributed by atoms with Gasteiger partial charge in [-0.2, -0.15) is 0 Å². The number of halogens is 1. The van der Waals surface area contributed by atoms with E-state index >= 15 is 0 Å². The summed E-state index contributed by atoms with van der Waals surface area (Å²) < 4.78 is 18.5.